The Morgan fingerprint density at radius 3 is 2.14 bits per heavy atom. The van der Waals surface area contributed by atoms with Gasteiger partial charge in [0.25, 0.3) is 5.91 Å². The minimum Gasteiger partial charge on any atom is -0.463 e. The number of anilines is 2. The highest BCUT2D eigenvalue weighted by Crippen LogP contribution is 2.26. The molecular formula is C38H47N5O8. The van der Waals surface area contributed by atoms with Gasteiger partial charge in [0, 0.05) is 25.2 Å². The van der Waals surface area contributed by atoms with Crippen molar-refractivity contribution in [3.8, 4) is 0 Å². The summed E-state index contributed by atoms with van der Waals surface area (Å²) in [5.74, 6) is 0.261. The van der Waals surface area contributed by atoms with E-state index in [2.05, 4.69) is 27.3 Å². The third-order valence-corrected chi connectivity index (χ3v) is 7.09. The molecule has 1 aliphatic carbocycles. The Labute approximate surface area is 298 Å². The van der Waals surface area contributed by atoms with Crippen LogP contribution in [0.5, 0.6) is 0 Å². The second-order valence-electron chi connectivity index (χ2n) is 13.8. The zero-order chi connectivity index (χ0) is 37.0. The molecule has 51 heavy (non-hydrogen) atoms. The van der Waals surface area contributed by atoms with Crippen molar-refractivity contribution in [2.45, 2.75) is 78.6 Å². The van der Waals surface area contributed by atoms with Crippen LogP contribution in [-0.4, -0.2) is 53.3 Å². The van der Waals surface area contributed by atoms with Gasteiger partial charge in [0.05, 0.1) is 11.4 Å². The van der Waals surface area contributed by atoms with Crippen LogP contribution in [0.2, 0.25) is 0 Å². The van der Waals surface area contributed by atoms with Crippen LogP contribution in [0.3, 0.4) is 0 Å². The molecule has 0 saturated heterocycles. The van der Waals surface area contributed by atoms with Crippen molar-refractivity contribution in [3.63, 3.8) is 0 Å². The summed E-state index contributed by atoms with van der Waals surface area (Å²) in [5.41, 5.74) is 1.55. The van der Waals surface area contributed by atoms with Gasteiger partial charge in [-0.1, -0.05) is 42.5 Å². The second-order valence-corrected chi connectivity index (χ2v) is 13.8. The molecule has 5 amide bonds. The van der Waals surface area contributed by atoms with E-state index >= 15 is 0 Å². The molecule has 0 fully saturated rings. The summed E-state index contributed by atoms with van der Waals surface area (Å²) in [6.07, 6.45) is 9.68. The molecule has 0 radical (unpaired) electrons. The molecule has 13 heteroatoms. The summed E-state index contributed by atoms with van der Waals surface area (Å²) < 4.78 is 22.0. The first kappa shape index (κ1) is 38.1. The highest BCUT2D eigenvalue weighted by atomic mass is 16.6. The number of amides is 5. The van der Waals surface area contributed by atoms with Crippen LogP contribution < -0.4 is 21.3 Å². The molecule has 1 aliphatic heterocycles. The first-order chi connectivity index (χ1) is 24.1. The molecule has 0 spiro atoms. The van der Waals surface area contributed by atoms with Gasteiger partial charge in [-0.15, -0.1) is 0 Å². The molecule has 0 atom stereocenters. The third-order valence-electron chi connectivity index (χ3n) is 7.09. The van der Waals surface area contributed by atoms with E-state index in [9.17, 15) is 19.2 Å². The topological polar surface area (TPSA) is 157 Å². The maximum absolute atomic E-state index is 13.6. The van der Waals surface area contributed by atoms with E-state index in [1.165, 1.54) is 12.5 Å². The van der Waals surface area contributed by atoms with Crippen LogP contribution >= 0.6 is 0 Å². The Morgan fingerprint density at radius 2 is 1.49 bits per heavy atom. The Hall–Kier alpha value is -5.72. The van der Waals surface area contributed by atoms with Crippen molar-refractivity contribution in [1.29, 1.82) is 0 Å². The van der Waals surface area contributed by atoms with Crippen LogP contribution in [0.1, 0.15) is 76.7 Å². The quantitative estimate of drug-likeness (QED) is 0.174. The lowest BCUT2D eigenvalue weighted by Gasteiger charge is -2.26. The number of benzene rings is 2. The highest BCUT2D eigenvalue weighted by Gasteiger charge is 2.22. The molecule has 0 bridgehead atoms. The van der Waals surface area contributed by atoms with E-state index < -0.39 is 35.3 Å². The Balaban J connectivity index is 1.40. The summed E-state index contributed by atoms with van der Waals surface area (Å²) in [6, 6.07) is 13.2. The van der Waals surface area contributed by atoms with Gasteiger partial charge in [-0.05, 0) is 96.2 Å². The van der Waals surface area contributed by atoms with Gasteiger partial charge in [-0.3, -0.25) is 15.4 Å². The monoisotopic (exact) mass is 701 g/mol. The van der Waals surface area contributed by atoms with Crippen molar-refractivity contribution in [2.24, 2.45) is 0 Å². The van der Waals surface area contributed by atoms with Crippen molar-refractivity contribution in [1.82, 2.24) is 15.5 Å². The number of carbonyl (C=O) groups excluding carboxylic acids is 4. The average Bonchev–Trinajstić information content (AvgIpc) is 3.06. The third kappa shape index (κ3) is 12.9. The Bertz CT molecular complexity index is 1700. The molecule has 13 nitrogen and oxygen atoms in total. The predicted molar refractivity (Wildman–Crippen MR) is 193 cm³/mol. The van der Waals surface area contributed by atoms with Crippen LogP contribution in [0.15, 0.2) is 96.5 Å². The lowest BCUT2D eigenvalue weighted by molar-refractivity contribution is 0.0525. The fourth-order valence-electron chi connectivity index (χ4n) is 4.83. The molecule has 4 rings (SSSR count). The minimum absolute atomic E-state index is 0.137. The van der Waals surface area contributed by atoms with Crippen molar-refractivity contribution < 1.29 is 38.1 Å². The standard InChI is InChI=1S/C38H47N5O8/c1-37(2,3)50-35(46)39-21-12-22-43(34(45)42-32-25-48-24-31(49-32)27-13-8-7-9-14-27)23-26-17-19-28(20-18-26)33(44)40-29-15-10-11-16-30(29)41-36(47)51-38(4,5)6/h7-8,10-11,13,15-20,24-25H,9,12,14,21-23H2,1-6H3,(H,39,46)(H,40,44)(H,41,47)(H,42,45). The number of ether oxygens (including phenoxy) is 4. The second kappa shape index (κ2) is 17.3. The van der Waals surface area contributed by atoms with Crippen LogP contribution in [0, 0.1) is 0 Å². The van der Waals surface area contributed by atoms with Crippen LogP contribution in [0.25, 0.3) is 0 Å². The molecule has 2 aliphatic rings. The zero-order valence-corrected chi connectivity index (χ0v) is 30.0. The summed E-state index contributed by atoms with van der Waals surface area (Å²) in [5, 5.41) is 11.0. The fourth-order valence-corrected chi connectivity index (χ4v) is 4.83. The smallest absolute Gasteiger partial charge is 0.412 e. The van der Waals surface area contributed by atoms with Gasteiger partial charge in [0.15, 0.2) is 12.0 Å². The number of alkyl carbamates (subject to hydrolysis) is 1. The van der Waals surface area contributed by atoms with Crippen LogP contribution in [-0.2, 0) is 25.5 Å². The molecule has 2 aromatic rings. The first-order valence-corrected chi connectivity index (χ1v) is 16.8. The predicted octanol–water partition coefficient (Wildman–Crippen LogP) is 7.68. The van der Waals surface area contributed by atoms with Gasteiger partial charge in [0.2, 0.25) is 5.88 Å². The number of para-hydroxylation sites is 2. The summed E-state index contributed by atoms with van der Waals surface area (Å²) >= 11 is 0. The van der Waals surface area contributed by atoms with E-state index in [0.29, 0.717) is 29.1 Å². The number of rotatable bonds is 11. The SMILES string of the molecule is CC(C)(C)OC(=O)NCCCN(Cc1ccc(C(=O)Nc2ccccc2NC(=O)OC(C)(C)C)cc1)C(=O)NC1=COC=C(C2=CC=CCC2)O1. The maximum Gasteiger partial charge on any atom is 0.412 e. The van der Waals surface area contributed by atoms with E-state index in [1.807, 2.05) is 12.2 Å². The number of urea groups is 1. The number of nitrogens with zero attached hydrogens (tertiary/aromatic N) is 1. The number of hydrogen-bond acceptors (Lipinski definition) is 8. The van der Waals surface area contributed by atoms with Crippen molar-refractivity contribution in [3.05, 3.63) is 108 Å². The Morgan fingerprint density at radius 1 is 0.824 bits per heavy atom. The number of nitrogens with one attached hydrogen (secondary N) is 4. The van der Waals surface area contributed by atoms with Gasteiger partial charge >= 0.3 is 18.2 Å². The molecule has 4 N–H and O–H groups in total. The van der Waals surface area contributed by atoms with Crippen molar-refractivity contribution >= 4 is 35.5 Å². The van der Waals surface area contributed by atoms with Gasteiger partial charge < -0.3 is 34.5 Å². The number of carbonyl (C=O) groups is 4. The molecule has 0 aromatic heterocycles. The highest BCUT2D eigenvalue weighted by molar-refractivity contribution is 6.06. The molecular weight excluding hydrogens is 654 g/mol. The van der Waals surface area contributed by atoms with Gasteiger partial charge in [-0.25, -0.2) is 14.4 Å². The molecule has 0 unspecified atom stereocenters. The summed E-state index contributed by atoms with van der Waals surface area (Å²) in [7, 11) is 0. The summed E-state index contributed by atoms with van der Waals surface area (Å²) in [6.45, 7) is 11.4. The van der Waals surface area contributed by atoms with E-state index in [1.54, 1.807) is 95.0 Å². The Kier molecular flexibility index (Phi) is 12.9. The van der Waals surface area contributed by atoms with Crippen molar-refractivity contribution in [2.75, 3.05) is 23.7 Å². The number of hydrogen-bond donors (Lipinski definition) is 4. The molecule has 1 heterocycles. The molecule has 2 aromatic carbocycles. The van der Waals surface area contributed by atoms with Gasteiger partial charge in [0.1, 0.15) is 17.5 Å². The lowest BCUT2D eigenvalue weighted by atomic mass is 10.0. The largest absolute Gasteiger partial charge is 0.463 e. The van der Waals surface area contributed by atoms with E-state index in [-0.39, 0.29) is 25.5 Å². The summed E-state index contributed by atoms with van der Waals surface area (Å²) in [4.78, 5) is 52.8. The number of allylic oxidation sites excluding steroid dienone is 4. The molecule has 0 saturated carbocycles. The normalized spacial score (nSPS) is 14.0. The van der Waals surface area contributed by atoms with E-state index in [0.717, 1.165) is 24.0 Å². The maximum atomic E-state index is 13.6. The first-order valence-electron chi connectivity index (χ1n) is 16.8. The van der Waals surface area contributed by atoms with Crippen LogP contribution in [0.4, 0.5) is 25.8 Å². The lowest BCUT2D eigenvalue weighted by Crippen LogP contribution is -2.41. The average molecular weight is 702 g/mol. The zero-order valence-electron chi connectivity index (χ0n) is 30.0. The van der Waals surface area contributed by atoms with E-state index in [4.69, 9.17) is 18.9 Å². The fraction of sp³-hybridized carbons (Fsp3) is 0.368. The molecule has 272 valence electrons. The minimum atomic E-state index is -0.683. The van der Waals surface area contributed by atoms with Gasteiger partial charge in [-0.2, -0.15) is 0 Å².